The number of nitrogens with one attached hydrogen (secondary N) is 1. The van der Waals surface area contributed by atoms with Crippen LogP contribution in [0.3, 0.4) is 0 Å². The van der Waals surface area contributed by atoms with Gasteiger partial charge in [-0.25, -0.2) is 0 Å². The molecule has 0 aromatic rings. The van der Waals surface area contributed by atoms with Gasteiger partial charge < -0.3 is 10.1 Å². The quantitative estimate of drug-likeness (QED) is 0.736. The van der Waals surface area contributed by atoms with Crippen LogP contribution in [0.5, 0.6) is 0 Å². The van der Waals surface area contributed by atoms with Crippen molar-refractivity contribution in [3.8, 4) is 0 Å². The highest BCUT2D eigenvalue weighted by atomic mass is 32.2. The maximum absolute atomic E-state index is 5.35. The summed E-state index contributed by atoms with van der Waals surface area (Å²) in [5, 5.41) is 4.25. The van der Waals surface area contributed by atoms with E-state index in [2.05, 4.69) is 30.9 Å². The largest absolute Gasteiger partial charge is 0.381 e. The van der Waals surface area contributed by atoms with E-state index in [1.807, 2.05) is 0 Å². The third kappa shape index (κ3) is 5.23. The van der Waals surface area contributed by atoms with Gasteiger partial charge in [0, 0.05) is 18.5 Å². The summed E-state index contributed by atoms with van der Waals surface area (Å²) in [7, 11) is 0. The van der Waals surface area contributed by atoms with Gasteiger partial charge in [0.2, 0.25) is 0 Å². The van der Waals surface area contributed by atoms with E-state index in [1.54, 1.807) is 0 Å². The molecule has 1 saturated heterocycles. The molecule has 2 nitrogen and oxygen atoms in total. The third-order valence-corrected chi connectivity index (χ3v) is 4.23. The molecule has 0 aromatic carbocycles. The van der Waals surface area contributed by atoms with Crippen molar-refractivity contribution >= 4 is 11.8 Å². The standard InChI is InChI=1S/C11H23NOS/c1-3-12-8-10(2)9-14-11-4-6-13-7-5-11/h10-12H,3-9H2,1-2H3. The molecule has 1 aliphatic rings. The maximum atomic E-state index is 5.35. The smallest absolute Gasteiger partial charge is 0.0476 e. The van der Waals surface area contributed by atoms with E-state index < -0.39 is 0 Å². The van der Waals surface area contributed by atoms with E-state index in [9.17, 15) is 0 Å². The molecule has 1 atom stereocenters. The van der Waals surface area contributed by atoms with Gasteiger partial charge in [-0.3, -0.25) is 0 Å². The zero-order valence-corrected chi connectivity index (χ0v) is 10.2. The summed E-state index contributed by atoms with van der Waals surface area (Å²) < 4.78 is 5.35. The van der Waals surface area contributed by atoms with E-state index in [-0.39, 0.29) is 0 Å². The highest BCUT2D eigenvalue weighted by Crippen LogP contribution is 2.23. The molecule has 1 heterocycles. The van der Waals surface area contributed by atoms with Gasteiger partial charge >= 0.3 is 0 Å². The Balaban J connectivity index is 2.00. The van der Waals surface area contributed by atoms with Crippen LogP contribution < -0.4 is 5.32 Å². The van der Waals surface area contributed by atoms with Crippen molar-refractivity contribution in [2.75, 3.05) is 32.1 Å². The Morgan fingerprint density at radius 3 is 2.79 bits per heavy atom. The van der Waals surface area contributed by atoms with Crippen molar-refractivity contribution in [2.24, 2.45) is 5.92 Å². The number of hydrogen-bond acceptors (Lipinski definition) is 3. The predicted octanol–water partition coefficient (Wildman–Crippen LogP) is 2.14. The van der Waals surface area contributed by atoms with Crippen LogP contribution >= 0.6 is 11.8 Å². The molecule has 0 aromatic heterocycles. The lowest BCUT2D eigenvalue weighted by Gasteiger charge is -2.23. The Kier molecular flexibility index (Phi) is 6.65. The predicted molar refractivity (Wildman–Crippen MR) is 64.0 cm³/mol. The number of hydrogen-bond donors (Lipinski definition) is 1. The number of thioether (sulfide) groups is 1. The van der Waals surface area contributed by atoms with Gasteiger partial charge in [0.15, 0.2) is 0 Å². The minimum absolute atomic E-state index is 0.794. The number of rotatable bonds is 6. The lowest BCUT2D eigenvalue weighted by molar-refractivity contribution is 0.1000. The van der Waals surface area contributed by atoms with Crippen LogP contribution in [0, 0.1) is 5.92 Å². The first-order valence-electron chi connectivity index (χ1n) is 5.73. The Hall–Kier alpha value is 0.270. The van der Waals surface area contributed by atoms with Crippen LogP contribution in [-0.4, -0.2) is 37.3 Å². The summed E-state index contributed by atoms with van der Waals surface area (Å²) >= 11 is 2.14. The second kappa shape index (κ2) is 7.55. The molecule has 0 spiro atoms. The molecule has 1 N–H and O–H groups in total. The summed E-state index contributed by atoms with van der Waals surface area (Å²) in [4.78, 5) is 0. The second-order valence-electron chi connectivity index (χ2n) is 4.06. The fraction of sp³-hybridized carbons (Fsp3) is 1.00. The van der Waals surface area contributed by atoms with Crippen molar-refractivity contribution in [1.29, 1.82) is 0 Å². The fourth-order valence-corrected chi connectivity index (χ4v) is 2.84. The molecule has 1 aliphatic heterocycles. The van der Waals surface area contributed by atoms with Crippen LogP contribution in [0.2, 0.25) is 0 Å². The molecular formula is C11H23NOS. The average Bonchev–Trinajstić information content (AvgIpc) is 2.25. The van der Waals surface area contributed by atoms with E-state index >= 15 is 0 Å². The molecule has 1 rings (SSSR count). The maximum Gasteiger partial charge on any atom is 0.0476 e. The Morgan fingerprint density at radius 1 is 1.43 bits per heavy atom. The zero-order valence-electron chi connectivity index (χ0n) is 9.42. The van der Waals surface area contributed by atoms with Crippen molar-refractivity contribution in [3.05, 3.63) is 0 Å². The zero-order chi connectivity index (χ0) is 10.2. The minimum atomic E-state index is 0.794. The third-order valence-electron chi connectivity index (χ3n) is 2.53. The Morgan fingerprint density at radius 2 is 2.14 bits per heavy atom. The summed E-state index contributed by atoms with van der Waals surface area (Å²) in [5.74, 6) is 2.08. The summed E-state index contributed by atoms with van der Waals surface area (Å²) in [6.45, 7) is 8.69. The number of ether oxygens (including phenoxy) is 1. The summed E-state index contributed by atoms with van der Waals surface area (Å²) in [5.41, 5.74) is 0. The Bertz CT molecular complexity index is 137. The molecular weight excluding hydrogens is 194 g/mol. The van der Waals surface area contributed by atoms with Gasteiger partial charge in [0.1, 0.15) is 0 Å². The van der Waals surface area contributed by atoms with Gasteiger partial charge in [-0.2, -0.15) is 11.8 Å². The molecule has 0 aliphatic carbocycles. The lowest BCUT2D eigenvalue weighted by Crippen LogP contribution is -2.24. The first kappa shape index (κ1) is 12.3. The van der Waals surface area contributed by atoms with Crippen LogP contribution in [0.4, 0.5) is 0 Å². The molecule has 84 valence electrons. The molecule has 0 radical (unpaired) electrons. The van der Waals surface area contributed by atoms with Crippen LogP contribution in [0.1, 0.15) is 26.7 Å². The van der Waals surface area contributed by atoms with Crippen LogP contribution in [0.15, 0.2) is 0 Å². The fourth-order valence-electron chi connectivity index (χ4n) is 1.59. The molecule has 0 amide bonds. The highest BCUT2D eigenvalue weighted by molar-refractivity contribution is 7.99. The topological polar surface area (TPSA) is 21.3 Å². The lowest BCUT2D eigenvalue weighted by atomic mass is 10.2. The molecule has 0 saturated carbocycles. The molecule has 1 fully saturated rings. The van der Waals surface area contributed by atoms with Crippen molar-refractivity contribution in [2.45, 2.75) is 31.9 Å². The van der Waals surface area contributed by atoms with Crippen molar-refractivity contribution in [1.82, 2.24) is 5.32 Å². The van der Waals surface area contributed by atoms with Gasteiger partial charge in [0.25, 0.3) is 0 Å². The van der Waals surface area contributed by atoms with E-state index in [1.165, 1.54) is 18.6 Å². The van der Waals surface area contributed by atoms with E-state index in [0.29, 0.717) is 0 Å². The van der Waals surface area contributed by atoms with Crippen LogP contribution in [0.25, 0.3) is 0 Å². The highest BCUT2D eigenvalue weighted by Gasteiger charge is 2.14. The first-order valence-corrected chi connectivity index (χ1v) is 6.78. The normalized spacial score (nSPS) is 21.0. The molecule has 3 heteroatoms. The minimum Gasteiger partial charge on any atom is -0.381 e. The van der Waals surface area contributed by atoms with E-state index in [0.717, 1.165) is 37.5 Å². The van der Waals surface area contributed by atoms with Crippen molar-refractivity contribution < 1.29 is 4.74 Å². The molecule has 0 bridgehead atoms. The SMILES string of the molecule is CCNCC(C)CSC1CCOCC1. The monoisotopic (exact) mass is 217 g/mol. The van der Waals surface area contributed by atoms with Gasteiger partial charge in [-0.05, 0) is 37.6 Å². The molecule has 14 heavy (non-hydrogen) atoms. The first-order chi connectivity index (χ1) is 6.83. The average molecular weight is 217 g/mol. The summed E-state index contributed by atoms with van der Waals surface area (Å²) in [6, 6.07) is 0. The van der Waals surface area contributed by atoms with E-state index in [4.69, 9.17) is 4.74 Å². The second-order valence-corrected chi connectivity index (χ2v) is 5.39. The van der Waals surface area contributed by atoms with Gasteiger partial charge in [0.05, 0.1) is 0 Å². The summed E-state index contributed by atoms with van der Waals surface area (Å²) in [6.07, 6.45) is 2.50. The van der Waals surface area contributed by atoms with Crippen molar-refractivity contribution in [3.63, 3.8) is 0 Å². The van der Waals surface area contributed by atoms with Gasteiger partial charge in [-0.1, -0.05) is 13.8 Å². The van der Waals surface area contributed by atoms with Gasteiger partial charge in [-0.15, -0.1) is 0 Å². The Labute approximate surface area is 92.2 Å². The molecule has 1 unspecified atom stereocenters. The van der Waals surface area contributed by atoms with Crippen LogP contribution in [-0.2, 0) is 4.74 Å².